The summed E-state index contributed by atoms with van der Waals surface area (Å²) < 4.78 is 29.2. The van der Waals surface area contributed by atoms with Crippen molar-refractivity contribution in [3.63, 3.8) is 0 Å². The van der Waals surface area contributed by atoms with Crippen molar-refractivity contribution < 1.29 is 28.2 Å². The average molecular weight is 442 g/mol. The third-order valence-corrected chi connectivity index (χ3v) is 5.63. The van der Waals surface area contributed by atoms with Gasteiger partial charge in [-0.2, -0.15) is 0 Å². The summed E-state index contributed by atoms with van der Waals surface area (Å²) in [7, 11) is 2.82. The second-order valence-electron chi connectivity index (χ2n) is 7.67. The first-order chi connectivity index (χ1) is 15.4. The van der Waals surface area contributed by atoms with Crippen LogP contribution >= 0.6 is 0 Å². The molecule has 1 aliphatic rings. The molecule has 2 atom stereocenters. The summed E-state index contributed by atoms with van der Waals surface area (Å²) in [6.45, 7) is 5.18. The van der Waals surface area contributed by atoms with Gasteiger partial charge in [0, 0.05) is 19.1 Å². The van der Waals surface area contributed by atoms with Crippen LogP contribution in [-0.4, -0.2) is 61.3 Å². The SMILES string of the molecule is COC(=O)c1cc(OC)ccc1OCN1C[C@H](C)N(Cc2ccc(F)cc2)C(=C=O)[C@H]1C. The molecule has 1 fully saturated rings. The number of carbonyl (C=O) groups excluding carboxylic acids is 2. The van der Waals surface area contributed by atoms with E-state index in [1.54, 1.807) is 30.3 Å². The smallest absolute Gasteiger partial charge is 0.341 e. The number of methoxy groups -OCH3 is 2. The van der Waals surface area contributed by atoms with E-state index in [-0.39, 0.29) is 30.2 Å². The molecule has 0 amide bonds. The van der Waals surface area contributed by atoms with Gasteiger partial charge in [-0.05, 0) is 49.7 Å². The fourth-order valence-electron chi connectivity index (χ4n) is 3.77. The van der Waals surface area contributed by atoms with Gasteiger partial charge in [-0.25, -0.2) is 14.0 Å². The molecular weight excluding hydrogens is 415 g/mol. The van der Waals surface area contributed by atoms with Crippen molar-refractivity contribution in [3.8, 4) is 11.5 Å². The van der Waals surface area contributed by atoms with Crippen molar-refractivity contribution in [1.82, 2.24) is 9.80 Å². The largest absolute Gasteiger partial charge is 0.497 e. The molecule has 2 aromatic carbocycles. The van der Waals surface area contributed by atoms with E-state index in [4.69, 9.17) is 14.2 Å². The molecule has 0 radical (unpaired) electrons. The van der Waals surface area contributed by atoms with Crippen molar-refractivity contribution in [2.24, 2.45) is 0 Å². The van der Waals surface area contributed by atoms with E-state index in [0.29, 0.717) is 30.3 Å². The van der Waals surface area contributed by atoms with Gasteiger partial charge in [-0.3, -0.25) is 4.90 Å². The van der Waals surface area contributed by atoms with Crippen LogP contribution < -0.4 is 9.47 Å². The summed E-state index contributed by atoms with van der Waals surface area (Å²) in [4.78, 5) is 28.0. The van der Waals surface area contributed by atoms with Gasteiger partial charge in [-0.1, -0.05) is 12.1 Å². The Balaban J connectivity index is 1.74. The number of benzene rings is 2. The number of hydrogen-bond acceptors (Lipinski definition) is 7. The number of rotatable bonds is 7. The van der Waals surface area contributed by atoms with Crippen molar-refractivity contribution in [2.45, 2.75) is 32.5 Å². The van der Waals surface area contributed by atoms with Crippen LogP contribution in [0.4, 0.5) is 4.39 Å². The molecular formula is C24H27FN2O5. The van der Waals surface area contributed by atoms with E-state index in [2.05, 4.69) is 5.94 Å². The van der Waals surface area contributed by atoms with Crippen LogP contribution in [0.25, 0.3) is 0 Å². The Labute approximate surface area is 187 Å². The molecule has 0 unspecified atom stereocenters. The van der Waals surface area contributed by atoms with Crippen LogP contribution in [-0.2, 0) is 16.1 Å². The lowest BCUT2D eigenvalue weighted by Gasteiger charge is -2.45. The lowest BCUT2D eigenvalue weighted by atomic mass is 10.0. The van der Waals surface area contributed by atoms with E-state index < -0.39 is 5.97 Å². The number of halogens is 1. The third kappa shape index (κ3) is 5.10. The molecule has 32 heavy (non-hydrogen) atoms. The van der Waals surface area contributed by atoms with Gasteiger partial charge in [0.15, 0.2) is 0 Å². The zero-order valence-corrected chi connectivity index (χ0v) is 18.6. The zero-order valence-electron chi connectivity index (χ0n) is 18.6. The van der Waals surface area contributed by atoms with E-state index >= 15 is 0 Å². The molecule has 1 saturated heterocycles. The molecule has 8 heteroatoms. The zero-order chi connectivity index (χ0) is 23.3. The summed E-state index contributed by atoms with van der Waals surface area (Å²) in [5.41, 5.74) is 1.66. The lowest BCUT2D eigenvalue weighted by Crippen LogP contribution is -2.55. The maximum absolute atomic E-state index is 13.2. The van der Waals surface area contributed by atoms with Crippen molar-refractivity contribution in [3.05, 3.63) is 65.1 Å². The van der Waals surface area contributed by atoms with Crippen molar-refractivity contribution in [2.75, 3.05) is 27.5 Å². The van der Waals surface area contributed by atoms with Gasteiger partial charge >= 0.3 is 5.97 Å². The first-order valence-corrected chi connectivity index (χ1v) is 10.3. The maximum Gasteiger partial charge on any atom is 0.341 e. The molecule has 2 aromatic rings. The fraction of sp³-hybridized carbons (Fsp3) is 0.375. The Morgan fingerprint density at radius 2 is 1.88 bits per heavy atom. The number of carbonyl (C=O) groups is 1. The normalized spacial score (nSPS) is 18.8. The fourth-order valence-corrected chi connectivity index (χ4v) is 3.77. The highest BCUT2D eigenvalue weighted by molar-refractivity contribution is 5.93. The molecule has 0 N–H and O–H groups in total. The minimum absolute atomic E-state index is 0.00718. The topological polar surface area (TPSA) is 68.3 Å². The Morgan fingerprint density at radius 3 is 2.50 bits per heavy atom. The molecule has 1 heterocycles. The van der Waals surface area contributed by atoms with Gasteiger partial charge in [-0.15, -0.1) is 0 Å². The van der Waals surface area contributed by atoms with Crippen LogP contribution in [0, 0.1) is 5.82 Å². The lowest BCUT2D eigenvalue weighted by molar-refractivity contribution is 0.0275. The van der Waals surface area contributed by atoms with Crippen LogP contribution in [0.5, 0.6) is 11.5 Å². The first-order valence-electron chi connectivity index (χ1n) is 10.3. The first kappa shape index (κ1) is 23.3. The molecule has 0 aromatic heterocycles. The predicted octanol–water partition coefficient (Wildman–Crippen LogP) is 3.27. The molecule has 0 aliphatic carbocycles. The van der Waals surface area contributed by atoms with Crippen LogP contribution in [0.2, 0.25) is 0 Å². The monoisotopic (exact) mass is 442 g/mol. The van der Waals surface area contributed by atoms with Crippen molar-refractivity contribution >= 4 is 11.9 Å². The molecule has 170 valence electrons. The number of ether oxygens (including phenoxy) is 3. The summed E-state index contributed by atoms with van der Waals surface area (Å²) >= 11 is 0. The van der Waals surface area contributed by atoms with E-state index in [0.717, 1.165) is 5.56 Å². The summed E-state index contributed by atoms with van der Waals surface area (Å²) in [5, 5.41) is 0. The van der Waals surface area contributed by atoms with Gasteiger partial charge in [0.2, 0.25) is 0 Å². The summed E-state index contributed by atoms with van der Waals surface area (Å²) in [5.74, 6) is 2.13. The van der Waals surface area contributed by atoms with Gasteiger partial charge in [0.1, 0.15) is 41.2 Å². The van der Waals surface area contributed by atoms with E-state index in [1.165, 1.54) is 26.4 Å². The highest BCUT2D eigenvalue weighted by atomic mass is 19.1. The van der Waals surface area contributed by atoms with E-state index in [9.17, 15) is 14.0 Å². The average Bonchev–Trinajstić information content (AvgIpc) is 2.81. The Hall–Kier alpha value is -3.35. The molecule has 7 nitrogen and oxygen atoms in total. The second-order valence-corrected chi connectivity index (χ2v) is 7.67. The summed E-state index contributed by atoms with van der Waals surface area (Å²) in [6.07, 6.45) is 0. The number of esters is 1. The molecule has 0 bridgehead atoms. The van der Waals surface area contributed by atoms with E-state index in [1.807, 2.05) is 23.6 Å². The van der Waals surface area contributed by atoms with Crippen molar-refractivity contribution in [1.29, 1.82) is 0 Å². The Kier molecular flexibility index (Phi) is 7.51. The molecule has 0 spiro atoms. The minimum atomic E-state index is -0.530. The van der Waals surface area contributed by atoms with Gasteiger partial charge in [0.25, 0.3) is 0 Å². The highest BCUT2D eigenvalue weighted by Crippen LogP contribution is 2.28. The second kappa shape index (κ2) is 10.3. The van der Waals surface area contributed by atoms with Crippen LogP contribution in [0.1, 0.15) is 29.8 Å². The molecule has 1 aliphatic heterocycles. The van der Waals surface area contributed by atoms with Crippen LogP contribution in [0.15, 0.2) is 48.2 Å². The standard InChI is InChI=1S/C24H27FN2O5/c1-16-12-26(15-32-23-10-9-20(30-3)11-21(23)24(29)31-4)17(2)22(14-28)27(16)13-18-5-7-19(25)8-6-18/h5-11,16-17H,12-13,15H2,1-4H3/t16-,17+/m0/s1. The number of hydrogen-bond donors (Lipinski definition) is 0. The Bertz CT molecular complexity index is 1000. The summed E-state index contributed by atoms with van der Waals surface area (Å²) in [6, 6.07) is 10.9. The third-order valence-electron chi connectivity index (χ3n) is 5.63. The maximum atomic E-state index is 13.2. The highest BCUT2D eigenvalue weighted by Gasteiger charge is 2.34. The number of nitrogens with zero attached hydrogens (tertiary/aromatic N) is 2. The quantitative estimate of drug-likeness (QED) is 0.482. The molecule has 3 rings (SSSR count). The van der Waals surface area contributed by atoms with Crippen LogP contribution in [0.3, 0.4) is 0 Å². The predicted molar refractivity (Wildman–Crippen MR) is 117 cm³/mol. The van der Waals surface area contributed by atoms with Gasteiger partial charge < -0.3 is 19.1 Å². The molecule has 0 saturated carbocycles. The Morgan fingerprint density at radius 1 is 1.16 bits per heavy atom. The number of piperazine rings is 1. The minimum Gasteiger partial charge on any atom is -0.497 e. The van der Waals surface area contributed by atoms with Gasteiger partial charge in [0.05, 0.1) is 20.3 Å².